The number of piperidine rings is 2. The Balaban J connectivity index is 0.000000322. The molecule has 2 aliphatic heterocycles. The van der Waals surface area contributed by atoms with Crippen molar-refractivity contribution >= 4 is 41.5 Å². The molecule has 2 fully saturated rings. The molecule has 0 bridgehead atoms. The number of likely N-dealkylation sites (tertiary alicyclic amines) is 1. The lowest BCUT2D eigenvalue weighted by molar-refractivity contribution is -0.129. The fourth-order valence-corrected chi connectivity index (χ4v) is 4.00. The minimum Gasteiger partial charge on any atom is -0.474 e. The molecule has 0 radical (unpaired) electrons. The number of halogens is 3. The van der Waals surface area contributed by atoms with Gasteiger partial charge in [0.05, 0.1) is 5.02 Å². The molecule has 31 heavy (non-hydrogen) atoms. The van der Waals surface area contributed by atoms with Crippen molar-refractivity contribution in [1.29, 1.82) is 0 Å². The van der Waals surface area contributed by atoms with Crippen molar-refractivity contribution in [2.75, 3.05) is 26.2 Å². The molecule has 2 saturated heterocycles. The maximum Gasteiger partial charge on any atom is 0.219 e. The van der Waals surface area contributed by atoms with Gasteiger partial charge in [-0.15, -0.1) is 12.4 Å². The number of pyridine rings is 2. The Hall–Kier alpha value is -1.60. The molecule has 1 amide bonds. The van der Waals surface area contributed by atoms with Gasteiger partial charge in [0.15, 0.2) is 0 Å². The fourth-order valence-electron chi connectivity index (χ4n) is 3.76. The van der Waals surface area contributed by atoms with Crippen LogP contribution in [-0.4, -0.2) is 53.1 Å². The van der Waals surface area contributed by atoms with Crippen molar-refractivity contribution in [3.63, 3.8) is 0 Å². The Bertz CT molecular complexity index is 805. The number of nitrogens with one attached hydrogen (secondary N) is 1. The van der Waals surface area contributed by atoms with Gasteiger partial charge in [-0.3, -0.25) is 4.79 Å². The van der Waals surface area contributed by atoms with Crippen LogP contribution < -0.4 is 10.1 Å². The fraction of sp³-hybridized carbons (Fsp3) is 0.500. The van der Waals surface area contributed by atoms with Gasteiger partial charge in [-0.25, -0.2) is 9.97 Å². The molecule has 0 spiro atoms. The van der Waals surface area contributed by atoms with Crippen molar-refractivity contribution in [3.8, 4) is 5.88 Å². The van der Waals surface area contributed by atoms with Gasteiger partial charge in [0.2, 0.25) is 11.8 Å². The Morgan fingerprint density at radius 1 is 1.06 bits per heavy atom. The quantitative estimate of drug-likeness (QED) is 0.633. The molecule has 170 valence electrons. The number of carbonyl (C=O) groups excluding carboxylic acids is 1. The third-order valence-electron chi connectivity index (χ3n) is 5.46. The van der Waals surface area contributed by atoms with E-state index in [4.69, 9.17) is 27.9 Å². The van der Waals surface area contributed by atoms with E-state index in [0.717, 1.165) is 57.7 Å². The molecule has 0 aromatic carbocycles. The number of rotatable bonds is 3. The van der Waals surface area contributed by atoms with Crippen LogP contribution in [0.2, 0.25) is 10.2 Å². The van der Waals surface area contributed by atoms with Crippen LogP contribution in [0.5, 0.6) is 5.88 Å². The third kappa shape index (κ3) is 7.79. The first-order valence-corrected chi connectivity index (χ1v) is 11.1. The number of aromatic nitrogens is 2. The molecule has 4 rings (SSSR count). The van der Waals surface area contributed by atoms with Crippen LogP contribution in [0, 0.1) is 0 Å². The summed E-state index contributed by atoms with van der Waals surface area (Å²) < 4.78 is 6.18. The van der Waals surface area contributed by atoms with Gasteiger partial charge in [0.25, 0.3) is 0 Å². The molecule has 0 aliphatic carbocycles. The van der Waals surface area contributed by atoms with Crippen molar-refractivity contribution in [2.45, 2.75) is 44.6 Å². The van der Waals surface area contributed by atoms with E-state index in [1.54, 1.807) is 25.3 Å². The van der Waals surface area contributed by atoms with Crippen molar-refractivity contribution in [1.82, 2.24) is 20.2 Å². The van der Waals surface area contributed by atoms with Crippen molar-refractivity contribution < 1.29 is 9.53 Å². The van der Waals surface area contributed by atoms with E-state index in [1.807, 2.05) is 17.2 Å². The summed E-state index contributed by atoms with van der Waals surface area (Å²) in [6.45, 7) is 5.35. The summed E-state index contributed by atoms with van der Waals surface area (Å²) in [7, 11) is 0. The van der Waals surface area contributed by atoms with E-state index in [2.05, 4.69) is 21.4 Å². The van der Waals surface area contributed by atoms with Crippen LogP contribution in [-0.2, 0) is 4.79 Å². The van der Waals surface area contributed by atoms with Crippen LogP contribution in [0.3, 0.4) is 0 Å². The van der Waals surface area contributed by atoms with Gasteiger partial charge in [0, 0.05) is 38.0 Å². The van der Waals surface area contributed by atoms with E-state index in [-0.39, 0.29) is 24.4 Å². The summed E-state index contributed by atoms with van der Waals surface area (Å²) in [6, 6.07) is 7.55. The predicted molar refractivity (Wildman–Crippen MR) is 126 cm³/mol. The molecule has 6 nitrogen and oxygen atoms in total. The van der Waals surface area contributed by atoms with E-state index in [9.17, 15) is 4.79 Å². The molecular formula is C22H29Cl3N4O2. The van der Waals surface area contributed by atoms with Crippen LogP contribution >= 0.6 is 35.6 Å². The van der Waals surface area contributed by atoms with Crippen LogP contribution in [0.25, 0.3) is 0 Å². The highest BCUT2D eigenvalue weighted by Crippen LogP contribution is 2.33. The lowest BCUT2D eigenvalue weighted by atomic mass is 9.90. The highest BCUT2D eigenvalue weighted by molar-refractivity contribution is 6.41. The zero-order valence-corrected chi connectivity index (χ0v) is 19.9. The summed E-state index contributed by atoms with van der Waals surface area (Å²) in [6.07, 6.45) is 7.74. The lowest BCUT2D eigenvalue weighted by Gasteiger charge is -2.32. The van der Waals surface area contributed by atoms with E-state index >= 15 is 0 Å². The monoisotopic (exact) mass is 486 g/mol. The van der Waals surface area contributed by atoms with Crippen LogP contribution in [0.15, 0.2) is 36.7 Å². The summed E-state index contributed by atoms with van der Waals surface area (Å²) >= 11 is 11.0. The molecule has 1 N–H and O–H groups in total. The largest absolute Gasteiger partial charge is 0.474 e. The Morgan fingerprint density at radius 3 is 2.29 bits per heavy atom. The van der Waals surface area contributed by atoms with Gasteiger partial charge < -0.3 is 15.0 Å². The zero-order chi connectivity index (χ0) is 21.3. The molecule has 2 aromatic rings. The number of hydrogen-bond acceptors (Lipinski definition) is 5. The first-order chi connectivity index (χ1) is 14.5. The van der Waals surface area contributed by atoms with Crippen LogP contribution in [0.4, 0.5) is 0 Å². The molecule has 9 heteroatoms. The zero-order valence-electron chi connectivity index (χ0n) is 17.6. The van der Waals surface area contributed by atoms with E-state index in [1.165, 1.54) is 5.56 Å². The van der Waals surface area contributed by atoms with Gasteiger partial charge in [-0.1, -0.05) is 29.3 Å². The number of hydrogen-bond donors (Lipinski definition) is 1. The smallest absolute Gasteiger partial charge is 0.219 e. The lowest BCUT2D eigenvalue weighted by Crippen LogP contribution is -2.37. The van der Waals surface area contributed by atoms with Gasteiger partial charge in [-0.05, 0) is 62.9 Å². The van der Waals surface area contributed by atoms with Gasteiger partial charge in [0.1, 0.15) is 11.3 Å². The molecule has 2 aromatic heterocycles. The molecular weight excluding hydrogens is 459 g/mol. The Kier molecular flexibility index (Phi) is 10.8. The molecule has 0 atom stereocenters. The summed E-state index contributed by atoms with van der Waals surface area (Å²) in [5.74, 6) is 1.42. The summed E-state index contributed by atoms with van der Waals surface area (Å²) in [4.78, 5) is 21.6. The van der Waals surface area contributed by atoms with Crippen molar-refractivity contribution in [2.24, 2.45) is 0 Å². The predicted octanol–water partition coefficient (Wildman–Crippen LogP) is 4.75. The Labute approximate surface area is 200 Å². The summed E-state index contributed by atoms with van der Waals surface area (Å²) in [5, 5.41) is 4.21. The second-order valence-electron chi connectivity index (χ2n) is 7.52. The SMILES string of the molecule is CC(=O)N1CCC(c2cccnc2OC2CCNCC2)CC1.Cl.Clc1cccnc1Cl. The van der Waals surface area contributed by atoms with Crippen LogP contribution in [0.1, 0.15) is 44.1 Å². The number of carbonyl (C=O) groups is 1. The van der Waals surface area contributed by atoms with Crippen molar-refractivity contribution in [3.05, 3.63) is 52.4 Å². The average Bonchev–Trinajstić information content (AvgIpc) is 2.77. The normalized spacial score (nSPS) is 17.2. The second-order valence-corrected chi connectivity index (χ2v) is 8.29. The first-order valence-electron chi connectivity index (χ1n) is 10.4. The number of ether oxygens (including phenoxy) is 1. The van der Waals surface area contributed by atoms with E-state index < -0.39 is 0 Å². The minimum atomic E-state index is 0. The standard InChI is InChI=1S/C17H25N3O2.C5H3Cl2N.ClH/c1-13(21)20-11-6-14(7-12-20)16-3-2-8-19-17(16)22-15-4-9-18-10-5-15;6-4-2-1-3-8-5(4)7;/h2-3,8,14-15,18H,4-7,9-12H2,1H3;1-3H;1H. The van der Waals surface area contributed by atoms with Gasteiger partial charge >= 0.3 is 0 Å². The summed E-state index contributed by atoms with van der Waals surface area (Å²) in [5.41, 5.74) is 1.21. The number of amides is 1. The third-order valence-corrected chi connectivity index (χ3v) is 6.16. The maximum atomic E-state index is 11.5. The topological polar surface area (TPSA) is 67.4 Å². The average molecular weight is 488 g/mol. The molecule has 4 heterocycles. The highest BCUT2D eigenvalue weighted by atomic mass is 35.5. The first kappa shape index (κ1) is 25.7. The van der Waals surface area contributed by atoms with Gasteiger partial charge in [-0.2, -0.15) is 0 Å². The molecule has 2 aliphatic rings. The molecule has 0 unspecified atom stereocenters. The number of nitrogens with zero attached hydrogens (tertiary/aromatic N) is 3. The highest BCUT2D eigenvalue weighted by Gasteiger charge is 2.26. The Morgan fingerprint density at radius 2 is 1.71 bits per heavy atom. The maximum absolute atomic E-state index is 11.5. The molecule has 0 saturated carbocycles. The second kappa shape index (κ2) is 13.1. The minimum absolute atomic E-state index is 0. The van der Waals surface area contributed by atoms with E-state index in [0.29, 0.717) is 16.1 Å².